The Balaban J connectivity index is 2.56. The third kappa shape index (κ3) is 3.60. The number of aromatic nitrogens is 2. The molecule has 2 aromatic rings. The zero-order valence-electron chi connectivity index (χ0n) is 13.5. The summed E-state index contributed by atoms with van der Waals surface area (Å²) < 4.78 is 14.9. The van der Waals surface area contributed by atoms with Gasteiger partial charge in [0.25, 0.3) is 5.56 Å². The molecule has 1 aromatic carbocycles. The average molecular weight is 303 g/mol. The van der Waals surface area contributed by atoms with Gasteiger partial charge in [-0.15, -0.1) is 0 Å². The lowest BCUT2D eigenvalue weighted by Crippen LogP contribution is -2.30. The van der Waals surface area contributed by atoms with Crippen molar-refractivity contribution in [3.05, 3.63) is 51.6 Å². The molecular weight excluding hydrogens is 281 g/mol. The summed E-state index contributed by atoms with van der Waals surface area (Å²) in [6, 6.07) is 6.66. The lowest BCUT2D eigenvalue weighted by atomic mass is 10.1. The van der Waals surface area contributed by atoms with E-state index in [2.05, 4.69) is 10.4 Å². The van der Waals surface area contributed by atoms with Gasteiger partial charge in [-0.05, 0) is 49.7 Å². The zero-order valence-corrected chi connectivity index (χ0v) is 13.5. The largest absolute Gasteiger partial charge is 0.315 e. The van der Waals surface area contributed by atoms with Crippen molar-refractivity contribution in [1.82, 2.24) is 15.1 Å². The van der Waals surface area contributed by atoms with Gasteiger partial charge < -0.3 is 5.32 Å². The molecule has 5 heteroatoms. The van der Waals surface area contributed by atoms with Crippen molar-refractivity contribution in [3.8, 4) is 11.3 Å². The summed E-state index contributed by atoms with van der Waals surface area (Å²) in [5, 5.41) is 7.45. The molecule has 0 saturated heterocycles. The molecule has 0 aliphatic rings. The second-order valence-electron chi connectivity index (χ2n) is 5.93. The van der Waals surface area contributed by atoms with Crippen LogP contribution in [0.3, 0.4) is 0 Å². The van der Waals surface area contributed by atoms with Crippen LogP contribution in [0, 0.1) is 18.7 Å². The van der Waals surface area contributed by atoms with E-state index in [9.17, 15) is 9.18 Å². The van der Waals surface area contributed by atoms with E-state index < -0.39 is 0 Å². The standard InChI is InChI=1S/C17H22FN3O/c1-11(2)10-21-17(22)14(9-19-4)8-16(20-21)13-5-6-15(18)12(3)7-13/h5-8,11,19H,9-10H2,1-4H3. The topological polar surface area (TPSA) is 46.9 Å². The Morgan fingerprint density at radius 1 is 1.32 bits per heavy atom. The van der Waals surface area contributed by atoms with E-state index in [1.165, 1.54) is 10.7 Å². The van der Waals surface area contributed by atoms with Crippen molar-refractivity contribution in [3.63, 3.8) is 0 Å². The molecule has 0 spiro atoms. The number of halogens is 1. The minimum Gasteiger partial charge on any atom is -0.315 e. The average Bonchev–Trinajstić information content (AvgIpc) is 2.45. The van der Waals surface area contributed by atoms with Crippen LogP contribution in [-0.4, -0.2) is 16.8 Å². The molecule has 0 radical (unpaired) electrons. The third-order valence-corrected chi connectivity index (χ3v) is 3.41. The smallest absolute Gasteiger partial charge is 0.271 e. The number of aryl methyl sites for hydroxylation is 1. The Hall–Kier alpha value is -2.01. The number of nitrogens with zero attached hydrogens (tertiary/aromatic N) is 2. The fourth-order valence-electron chi connectivity index (χ4n) is 2.33. The van der Waals surface area contributed by atoms with E-state index in [1.54, 1.807) is 32.2 Å². The Labute approximate surface area is 130 Å². The number of hydrogen-bond donors (Lipinski definition) is 1. The van der Waals surface area contributed by atoms with E-state index in [0.29, 0.717) is 35.8 Å². The molecule has 0 fully saturated rings. The molecule has 1 heterocycles. The van der Waals surface area contributed by atoms with Crippen LogP contribution in [0.25, 0.3) is 11.3 Å². The van der Waals surface area contributed by atoms with Crippen molar-refractivity contribution >= 4 is 0 Å². The molecule has 0 amide bonds. The van der Waals surface area contributed by atoms with Gasteiger partial charge >= 0.3 is 0 Å². The first kappa shape index (κ1) is 16.4. The van der Waals surface area contributed by atoms with E-state index in [1.807, 2.05) is 13.8 Å². The van der Waals surface area contributed by atoms with Gasteiger partial charge in [0, 0.05) is 24.2 Å². The molecule has 22 heavy (non-hydrogen) atoms. The first-order valence-corrected chi connectivity index (χ1v) is 7.44. The zero-order chi connectivity index (χ0) is 16.3. The maximum atomic E-state index is 13.4. The van der Waals surface area contributed by atoms with Crippen LogP contribution in [0.15, 0.2) is 29.1 Å². The van der Waals surface area contributed by atoms with Gasteiger partial charge in [0.05, 0.1) is 5.69 Å². The minimum atomic E-state index is -0.241. The number of nitrogens with one attached hydrogen (secondary N) is 1. The molecule has 4 nitrogen and oxygen atoms in total. The molecule has 1 aromatic heterocycles. The predicted octanol–water partition coefficient (Wildman–Crippen LogP) is 2.73. The van der Waals surface area contributed by atoms with Crippen molar-refractivity contribution in [2.45, 2.75) is 33.9 Å². The van der Waals surface area contributed by atoms with Crippen molar-refractivity contribution in [1.29, 1.82) is 0 Å². The quantitative estimate of drug-likeness (QED) is 0.924. The summed E-state index contributed by atoms with van der Waals surface area (Å²) in [7, 11) is 1.80. The van der Waals surface area contributed by atoms with Gasteiger partial charge in [-0.25, -0.2) is 9.07 Å². The van der Waals surface area contributed by atoms with Crippen LogP contribution in [0.2, 0.25) is 0 Å². The van der Waals surface area contributed by atoms with Gasteiger partial charge in [0.15, 0.2) is 0 Å². The Kier molecular flexibility index (Phi) is 5.08. The van der Waals surface area contributed by atoms with E-state index in [4.69, 9.17) is 0 Å². The summed E-state index contributed by atoms with van der Waals surface area (Å²) in [5.41, 5.74) is 2.65. The van der Waals surface area contributed by atoms with Gasteiger partial charge in [0.1, 0.15) is 5.82 Å². The van der Waals surface area contributed by atoms with E-state index in [0.717, 1.165) is 5.56 Å². The third-order valence-electron chi connectivity index (χ3n) is 3.41. The summed E-state index contributed by atoms with van der Waals surface area (Å²) in [6.45, 7) is 6.84. The monoisotopic (exact) mass is 303 g/mol. The Morgan fingerprint density at radius 2 is 2.05 bits per heavy atom. The fourth-order valence-corrected chi connectivity index (χ4v) is 2.33. The number of rotatable bonds is 5. The summed E-state index contributed by atoms with van der Waals surface area (Å²) >= 11 is 0. The normalized spacial score (nSPS) is 11.2. The molecule has 0 aliphatic heterocycles. The van der Waals surface area contributed by atoms with Crippen molar-refractivity contribution < 1.29 is 4.39 Å². The highest BCUT2D eigenvalue weighted by Gasteiger charge is 2.11. The van der Waals surface area contributed by atoms with Crippen LogP contribution in [0.4, 0.5) is 4.39 Å². The lowest BCUT2D eigenvalue weighted by Gasteiger charge is -2.13. The highest BCUT2D eigenvalue weighted by Crippen LogP contribution is 2.20. The van der Waals surface area contributed by atoms with E-state index >= 15 is 0 Å². The van der Waals surface area contributed by atoms with E-state index in [-0.39, 0.29) is 11.4 Å². The first-order valence-electron chi connectivity index (χ1n) is 7.44. The van der Waals surface area contributed by atoms with Crippen LogP contribution >= 0.6 is 0 Å². The van der Waals surface area contributed by atoms with Gasteiger partial charge in [-0.3, -0.25) is 4.79 Å². The van der Waals surface area contributed by atoms with Gasteiger partial charge in [0.2, 0.25) is 0 Å². The Morgan fingerprint density at radius 3 is 2.64 bits per heavy atom. The van der Waals surface area contributed by atoms with Gasteiger partial charge in [-0.2, -0.15) is 5.10 Å². The van der Waals surface area contributed by atoms with Crippen molar-refractivity contribution in [2.75, 3.05) is 7.05 Å². The summed E-state index contributed by atoms with van der Waals surface area (Å²) in [5.74, 6) is 0.0764. The molecule has 118 valence electrons. The van der Waals surface area contributed by atoms with Crippen LogP contribution in [-0.2, 0) is 13.1 Å². The number of hydrogen-bond acceptors (Lipinski definition) is 3. The first-order chi connectivity index (χ1) is 10.4. The van der Waals surface area contributed by atoms with Crippen molar-refractivity contribution in [2.24, 2.45) is 5.92 Å². The highest BCUT2D eigenvalue weighted by molar-refractivity contribution is 5.60. The lowest BCUT2D eigenvalue weighted by molar-refractivity contribution is 0.461. The highest BCUT2D eigenvalue weighted by atomic mass is 19.1. The molecular formula is C17H22FN3O. The molecule has 2 rings (SSSR count). The minimum absolute atomic E-state index is 0.0781. The van der Waals surface area contributed by atoms with Crippen LogP contribution < -0.4 is 10.9 Å². The molecule has 0 saturated carbocycles. The summed E-state index contributed by atoms with van der Waals surface area (Å²) in [6.07, 6.45) is 0. The van der Waals surface area contributed by atoms with Crippen LogP contribution in [0.1, 0.15) is 25.0 Å². The molecule has 0 unspecified atom stereocenters. The van der Waals surface area contributed by atoms with Crippen LogP contribution in [0.5, 0.6) is 0 Å². The van der Waals surface area contributed by atoms with Gasteiger partial charge in [-0.1, -0.05) is 13.8 Å². The molecule has 0 bridgehead atoms. The maximum absolute atomic E-state index is 13.4. The second kappa shape index (κ2) is 6.83. The number of benzene rings is 1. The molecule has 0 aliphatic carbocycles. The molecule has 1 N–H and O–H groups in total. The SMILES string of the molecule is CNCc1cc(-c2ccc(F)c(C)c2)nn(CC(C)C)c1=O. The fraction of sp³-hybridized carbons (Fsp3) is 0.412. The maximum Gasteiger partial charge on any atom is 0.271 e. The molecule has 0 atom stereocenters. The Bertz CT molecular complexity index is 722. The predicted molar refractivity (Wildman–Crippen MR) is 86.2 cm³/mol. The second-order valence-corrected chi connectivity index (χ2v) is 5.93. The summed E-state index contributed by atoms with van der Waals surface area (Å²) in [4.78, 5) is 12.4.